The molecule has 1 aromatic carbocycles. The van der Waals surface area contributed by atoms with Gasteiger partial charge in [-0.3, -0.25) is 4.79 Å². The molecule has 0 saturated heterocycles. The van der Waals surface area contributed by atoms with E-state index >= 15 is 0 Å². The van der Waals surface area contributed by atoms with Gasteiger partial charge in [-0.25, -0.2) is 0 Å². The van der Waals surface area contributed by atoms with E-state index < -0.39 is 0 Å². The van der Waals surface area contributed by atoms with Crippen molar-refractivity contribution in [2.75, 3.05) is 0 Å². The molecule has 0 unspecified atom stereocenters. The van der Waals surface area contributed by atoms with Gasteiger partial charge in [-0.15, -0.1) is 0 Å². The summed E-state index contributed by atoms with van der Waals surface area (Å²) in [6.45, 7) is 3.85. The summed E-state index contributed by atoms with van der Waals surface area (Å²) in [5, 5.41) is 11.9. The molecule has 1 amide bonds. The van der Waals surface area contributed by atoms with Crippen LogP contribution in [0.15, 0.2) is 24.3 Å². The van der Waals surface area contributed by atoms with Gasteiger partial charge in [-0.05, 0) is 38.0 Å². The van der Waals surface area contributed by atoms with E-state index in [-0.39, 0.29) is 17.9 Å². The number of benzene rings is 1. The zero-order chi connectivity index (χ0) is 12.9. The Morgan fingerprint density at radius 1 is 1.41 bits per heavy atom. The highest BCUT2D eigenvalue weighted by atomic mass is 35.5. The third-order valence-electron chi connectivity index (χ3n) is 2.28. The van der Waals surface area contributed by atoms with Crippen LogP contribution in [0.25, 0.3) is 0 Å². The van der Waals surface area contributed by atoms with Gasteiger partial charge >= 0.3 is 0 Å². The summed E-state index contributed by atoms with van der Waals surface area (Å²) in [6.07, 6.45) is 0.589. The van der Waals surface area contributed by atoms with Crippen LogP contribution in [0.1, 0.15) is 25.8 Å². The molecule has 3 nitrogen and oxygen atoms in total. The van der Waals surface area contributed by atoms with Gasteiger partial charge in [0.25, 0.3) is 0 Å². The van der Waals surface area contributed by atoms with E-state index in [9.17, 15) is 4.79 Å². The lowest BCUT2D eigenvalue weighted by Crippen LogP contribution is -2.44. The first kappa shape index (κ1) is 13.5. The summed E-state index contributed by atoms with van der Waals surface area (Å²) in [5.41, 5.74) is 0.721. The Bertz CT molecular complexity index is 432. The summed E-state index contributed by atoms with van der Waals surface area (Å²) in [7, 11) is 0. The highest BCUT2D eigenvalue weighted by Crippen LogP contribution is 2.15. The first-order valence-corrected chi connectivity index (χ1v) is 5.73. The Morgan fingerprint density at radius 3 is 2.53 bits per heavy atom. The number of nitriles is 1. The van der Waals surface area contributed by atoms with Crippen molar-refractivity contribution in [2.45, 2.75) is 32.2 Å². The fourth-order valence-electron chi connectivity index (χ4n) is 1.65. The van der Waals surface area contributed by atoms with Crippen molar-refractivity contribution >= 4 is 17.5 Å². The maximum atomic E-state index is 11.3. The summed E-state index contributed by atoms with van der Waals surface area (Å²) < 4.78 is 0. The van der Waals surface area contributed by atoms with E-state index in [1.54, 1.807) is 0 Å². The Hall–Kier alpha value is -1.53. The van der Waals surface area contributed by atoms with Crippen molar-refractivity contribution in [1.29, 1.82) is 5.26 Å². The fourth-order valence-corrected chi connectivity index (χ4v) is 1.78. The van der Waals surface area contributed by atoms with E-state index in [0.29, 0.717) is 11.4 Å². The number of carbonyl (C=O) groups is 1. The van der Waals surface area contributed by atoms with Gasteiger partial charge in [-0.2, -0.15) is 5.26 Å². The molecule has 0 radical (unpaired) electrons. The van der Waals surface area contributed by atoms with Gasteiger partial charge in [0.05, 0.1) is 6.07 Å². The van der Waals surface area contributed by atoms with Gasteiger partial charge in [0.1, 0.15) is 6.42 Å². The first-order valence-electron chi connectivity index (χ1n) is 5.35. The molecule has 0 saturated carbocycles. The Balaban J connectivity index is 2.63. The lowest BCUT2D eigenvalue weighted by Gasteiger charge is -2.26. The second kappa shape index (κ2) is 5.70. The van der Waals surface area contributed by atoms with Gasteiger partial charge < -0.3 is 5.32 Å². The maximum Gasteiger partial charge on any atom is 0.234 e. The molecule has 0 heterocycles. The normalized spacial score (nSPS) is 10.7. The van der Waals surface area contributed by atoms with Crippen LogP contribution in [0.3, 0.4) is 0 Å². The third kappa shape index (κ3) is 4.88. The summed E-state index contributed by atoms with van der Waals surface area (Å²) >= 11 is 5.80. The molecule has 17 heavy (non-hydrogen) atoms. The van der Waals surface area contributed by atoms with Crippen LogP contribution in [-0.2, 0) is 11.2 Å². The number of hydrogen-bond donors (Lipinski definition) is 1. The maximum absolute atomic E-state index is 11.3. The second-order valence-electron chi connectivity index (χ2n) is 4.57. The quantitative estimate of drug-likeness (QED) is 0.893. The van der Waals surface area contributed by atoms with Gasteiger partial charge in [0, 0.05) is 10.6 Å². The molecule has 0 fully saturated rings. The molecule has 0 aliphatic carbocycles. The largest absolute Gasteiger partial charge is 0.350 e. The van der Waals surface area contributed by atoms with Crippen molar-refractivity contribution in [3.8, 4) is 6.07 Å². The topological polar surface area (TPSA) is 52.9 Å². The SMILES string of the molecule is CC(C)(Cc1ccc(Cl)cc1)NC(=O)CC#N. The van der Waals surface area contributed by atoms with Crippen LogP contribution in [0.5, 0.6) is 0 Å². The lowest BCUT2D eigenvalue weighted by atomic mass is 9.95. The fraction of sp³-hybridized carbons (Fsp3) is 0.385. The predicted octanol–water partition coefficient (Wildman–Crippen LogP) is 2.69. The average molecular weight is 251 g/mol. The number of halogens is 1. The average Bonchev–Trinajstić information content (AvgIpc) is 2.20. The van der Waals surface area contributed by atoms with E-state index in [2.05, 4.69) is 5.32 Å². The predicted molar refractivity (Wildman–Crippen MR) is 67.6 cm³/mol. The minimum atomic E-state index is -0.373. The number of nitrogens with zero attached hydrogens (tertiary/aromatic N) is 1. The standard InChI is InChI=1S/C13H15ClN2O/c1-13(2,16-12(17)7-8-15)9-10-3-5-11(14)6-4-10/h3-6H,7,9H2,1-2H3,(H,16,17). The Morgan fingerprint density at radius 2 is 2.00 bits per heavy atom. The molecule has 1 aromatic rings. The molecular weight excluding hydrogens is 236 g/mol. The number of carbonyl (C=O) groups excluding carboxylic acids is 1. The monoisotopic (exact) mass is 250 g/mol. The Kier molecular flexibility index (Phi) is 4.53. The van der Waals surface area contributed by atoms with Crippen molar-refractivity contribution in [3.05, 3.63) is 34.9 Å². The smallest absolute Gasteiger partial charge is 0.234 e. The first-order chi connectivity index (χ1) is 7.93. The van der Waals surface area contributed by atoms with Crippen molar-refractivity contribution in [3.63, 3.8) is 0 Å². The van der Waals surface area contributed by atoms with Gasteiger partial charge in [0.2, 0.25) is 5.91 Å². The summed E-state index contributed by atoms with van der Waals surface area (Å²) in [6, 6.07) is 9.34. The molecule has 0 aromatic heterocycles. The number of nitrogens with one attached hydrogen (secondary N) is 1. The molecule has 1 rings (SSSR count). The van der Waals surface area contributed by atoms with Gasteiger partial charge in [-0.1, -0.05) is 23.7 Å². The molecule has 1 N–H and O–H groups in total. The molecule has 0 bridgehead atoms. The Labute approximate surface area is 106 Å². The molecule has 0 aliphatic heterocycles. The zero-order valence-corrected chi connectivity index (χ0v) is 10.7. The van der Waals surface area contributed by atoms with Crippen LogP contribution in [0.2, 0.25) is 5.02 Å². The van der Waals surface area contributed by atoms with Crippen molar-refractivity contribution < 1.29 is 4.79 Å². The number of amides is 1. The molecule has 0 atom stereocenters. The van der Waals surface area contributed by atoms with E-state index in [0.717, 1.165) is 5.56 Å². The number of hydrogen-bond acceptors (Lipinski definition) is 2. The zero-order valence-electron chi connectivity index (χ0n) is 9.96. The van der Waals surface area contributed by atoms with Crippen LogP contribution in [-0.4, -0.2) is 11.4 Å². The van der Waals surface area contributed by atoms with Crippen LogP contribution in [0, 0.1) is 11.3 Å². The van der Waals surface area contributed by atoms with Crippen molar-refractivity contribution in [2.24, 2.45) is 0 Å². The van der Waals surface area contributed by atoms with Crippen LogP contribution >= 0.6 is 11.6 Å². The van der Waals surface area contributed by atoms with Crippen LogP contribution in [0.4, 0.5) is 0 Å². The van der Waals surface area contributed by atoms with Crippen molar-refractivity contribution in [1.82, 2.24) is 5.32 Å². The second-order valence-corrected chi connectivity index (χ2v) is 5.01. The van der Waals surface area contributed by atoms with Crippen LogP contribution < -0.4 is 5.32 Å². The summed E-state index contributed by atoms with van der Waals surface area (Å²) in [4.78, 5) is 11.3. The minimum Gasteiger partial charge on any atom is -0.350 e. The molecule has 0 aliphatic rings. The van der Waals surface area contributed by atoms with E-state index in [1.165, 1.54) is 0 Å². The molecule has 4 heteroatoms. The highest BCUT2D eigenvalue weighted by Gasteiger charge is 2.20. The van der Waals surface area contributed by atoms with E-state index in [4.69, 9.17) is 16.9 Å². The van der Waals surface area contributed by atoms with E-state index in [1.807, 2.05) is 44.2 Å². The lowest BCUT2D eigenvalue weighted by molar-refractivity contribution is -0.121. The molecule has 90 valence electrons. The van der Waals surface area contributed by atoms with Gasteiger partial charge in [0.15, 0.2) is 0 Å². The minimum absolute atomic E-state index is 0.107. The molecule has 0 spiro atoms. The third-order valence-corrected chi connectivity index (χ3v) is 2.53. The highest BCUT2D eigenvalue weighted by molar-refractivity contribution is 6.30. The number of rotatable bonds is 4. The summed E-state index contributed by atoms with van der Waals surface area (Å²) in [5.74, 6) is -0.244. The molecular formula is C13H15ClN2O.